The summed E-state index contributed by atoms with van der Waals surface area (Å²) in [4.78, 5) is 0. The zero-order chi connectivity index (χ0) is 11.3. The van der Waals surface area contributed by atoms with Crippen molar-refractivity contribution >= 4 is 10.0 Å². The molecule has 15 heavy (non-hydrogen) atoms. The third-order valence-corrected chi connectivity index (χ3v) is 5.08. The van der Waals surface area contributed by atoms with Gasteiger partial charge in [-0.05, 0) is 38.1 Å². The molecular weight excluding hydrogens is 212 g/mol. The van der Waals surface area contributed by atoms with Crippen LogP contribution >= 0.6 is 0 Å². The monoisotopic (exact) mass is 234 g/mol. The molecular formula is C10H22N2O2S. The minimum atomic E-state index is -2.97. The average Bonchev–Trinajstić information content (AvgIpc) is 2.19. The second-order valence-electron chi connectivity index (χ2n) is 4.24. The fourth-order valence-electron chi connectivity index (χ4n) is 2.10. The van der Waals surface area contributed by atoms with Crippen molar-refractivity contribution < 1.29 is 8.42 Å². The van der Waals surface area contributed by atoms with Crippen molar-refractivity contribution in [1.82, 2.24) is 4.31 Å². The lowest BCUT2D eigenvalue weighted by Crippen LogP contribution is -2.39. The van der Waals surface area contributed by atoms with E-state index in [1.807, 2.05) is 6.92 Å². The van der Waals surface area contributed by atoms with Gasteiger partial charge in [-0.15, -0.1) is 0 Å². The Hall–Kier alpha value is -0.130. The van der Waals surface area contributed by atoms with E-state index in [0.29, 0.717) is 32.0 Å². The van der Waals surface area contributed by atoms with Gasteiger partial charge in [-0.2, -0.15) is 0 Å². The molecule has 0 spiro atoms. The minimum Gasteiger partial charge on any atom is -0.330 e. The largest absolute Gasteiger partial charge is 0.330 e. The average molecular weight is 234 g/mol. The molecule has 0 saturated carbocycles. The lowest BCUT2D eigenvalue weighted by molar-refractivity contribution is 0.266. The first kappa shape index (κ1) is 12.9. The summed E-state index contributed by atoms with van der Waals surface area (Å²) in [5.41, 5.74) is 5.50. The van der Waals surface area contributed by atoms with E-state index in [2.05, 4.69) is 0 Å². The van der Waals surface area contributed by atoms with Crippen LogP contribution in [-0.2, 0) is 10.0 Å². The Bertz CT molecular complexity index is 269. The molecule has 5 heteroatoms. The fourth-order valence-corrected chi connectivity index (χ4v) is 3.64. The second kappa shape index (κ2) is 5.82. The minimum absolute atomic E-state index is 0.286. The summed E-state index contributed by atoms with van der Waals surface area (Å²) in [5.74, 6) is 0.914. The Morgan fingerprint density at radius 3 is 2.40 bits per heavy atom. The van der Waals surface area contributed by atoms with E-state index >= 15 is 0 Å². The first-order valence-corrected chi connectivity index (χ1v) is 7.39. The molecule has 1 aliphatic heterocycles. The Morgan fingerprint density at radius 2 is 1.93 bits per heavy atom. The van der Waals surface area contributed by atoms with Gasteiger partial charge in [-0.1, -0.05) is 6.92 Å². The lowest BCUT2D eigenvalue weighted by atomic mass is 9.95. The summed E-state index contributed by atoms with van der Waals surface area (Å²) in [7, 11) is -2.97. The predicted molar refractivity (Wildman–Crippen MR) is 62.0 cm³/mol. The highest BCUT2D eigenvalue weighted by Gasteiger charge is 2.26. The Kier molecular flexibility index (Phi) is 5.02. The van der Waals surface area contributed by atoms with Gasteiger partial charge in [0.2, 0.25) is 10.0 Å². The number of hydrogen-bond donors (Lipinski definition) is 1. The smallest absolute Gasteiger partial charge is 0.214 e. The normalized spacial score (nSPS) is 20.7. The van der Waals surface area contributed by atoms with Gasteiger partial charge in [0.05, 0.1) is 5.75 Å². The van der Waals surface area contributed by atoms with Gasteiger partial charge in [0.1, 0.15) is 0 Å². The number of rotatable bonds is 5. The van der Waals surface area contributed by atoms with Crippen molar-refractivity contribution in [2.24, 2.45) is 11.7 Å². The zero-order valence-electron chi connectivity index (χ0n) is 9.48. The van der Waals surface area contributed by atoms with Gasteiger partial charge in [-0.3, -0.25) is 0 Å². The van der Waals surface area contributed by atoms with E-state index < -0.39 is 10.0 Å². The molecule has 1 heterocycles. The van der Waals surface area contributed by atoms with Crippen LogP contribution < -0.4 is 5.73 Å². The van der Waals surface area contributed by atoms with Crippen LogP contribution in [0.5, 0.6) is 0 Å². The van der Waals surface area contributed by atoms with Crippen molar-refractivity contribution in [3.63, 3.8) is 0 Å². The summed E-state index contributed by atoms with van der Waals surface area (Å²) >= 11 is 0. The summed E-state index contributed by atoms with van der Waals surface area (Å²) in [6, 6.07) is 0. The summed E-state index contributed by atoms with van der Waals surface area (Å²) in [6.07, 6.45) is 3.67. The Labute approximate surface area is 92.9 Å². The number of piperidine rings is 1. The quantitative estimate of drug-likeness (QED) is 0.765. The van der Waals surface area contributed by atoms with Crippen molar-refractivity contribution in [1.29, 1.82) is 0 Å². The van der Waals surface area contributed by atoms with Crippen LogP contribution in [-0.4, -0.2) is 38.1 Å². The molecule has 1 fully saturated rings. The maximum absolute atomic E-state index is 11.8. The molecule has 0 aromatic heterocycles. The van der Waals surface area contributed by atoms with E-state index in [9.17, 15) is 8.42 Å². The van der Waals surface area contributed by atoms with Crippen LogP contribution in [0.25, 0.3) is 0 Å². The van der Waals surface area contributed by atoms with Crippen LogP contribution in [0, 0.1) is 5.92 Å². The maximum Gasteiger partial charge on any atom is 0.214 e. The standard InChI is InChI=1S/C10H22N2O2S/c1-2-9-15(13,14)12-7-4-10(3-6-11)5-8-12/h10H,2-9,11H2,1H3. The number of nitrogens with zero attached hydrogens (tertiary/aromatic N) is 1. The van der Waals surface area contributed by atoms with Gasteiger partial charge >= 0.3 is 0 Å². The van der Waals surface area contributed by atoms with E-state index in [1.165, 1.54) is 0 Å². The summed E-state index contributed by atoms with van der Waals surface area (Å²) in [5, 5.41) is 0. The molecule has 1 rings (SSSR count). The van der Waals surface area contributed by atoms with Gasteiger partial charge < -0.3 is 5.73 Å². The van der Waals surface area contributed by atoms with Gasteiger partial charge in [0, 0.05) is 13.1 Å². The molecule has 0 atom stereocenters. The van der Waals surface area contributed by atoms with E-state index in [1.54, 1.807) is 4.31 Å². The maximum atomic E-state index is 11.8. The van der Waals surface area contributed by atoms with E-state index in [4.69, 9.17) is 5.73 Å². The Morgan fingerprint density at radius 1 is 1.33 bits per heavy atom. The van der Waals surface area contributed by atoms with Crippen molar-refractivity contribution in [3.05, 3.63) is 0 Å². The topological polar surface area (TPSA) is 63.4 Å². The van der Waals surface area contributed by atoms with Crippen LogP contribution in [0.1, 0.15) is 32.6 Å². The van der Waals surface area contributed by atoms with Gasteiger partial charge in [0.25, 0.3) is 0 Å². The van der Waals surface area contributed by atoms with Crippen LogP contribution in [0.2, 0.25) is 0 Å². The molecule has 1 aliphatic rings. The lowest BCUT2D eigenvalue weighted by Gasteiger charge is -2.30. The summed E-state index contributed by atoms with van der Waals surface area (Å²) in [6.45, 7) is 3.99. The number of sulfonamides is 1. The first-order chi connectivity index (χ1) is 7.10. The molecule has 0 aromatic rings. The van der Waals surface area contributed by atoms with Gasteiger partial charge in [0.15, 0.2) is 0 Å². The third-order valence-electron chi connectivity index (χ3n) is 3.00. The Balaban J connectivity index is 2.43. The highest BCUT2D eigenvalue weighted by molar-refractivity contribution is 7.89. The molecule has 0 aromatic carbocycles. The molecule has 0 unspecified atom stereocenters. The third kappa shape index (κ3) is 3.74. The first-order valence-electron chi connectivity index (χ1n) is 5.78. The van der Waals surface area contributed by atoms with Crippen molar-refractivity contribution in [2.75, 3.05) is 25.4 Å². The van der Waals surface area contributed by atoms with Crippen LogP contribution in [0.15, 0.2) is 0 Å². The van der Waals surface area contributed by atoms with E-state index in [0.717, 1.165) is 19.3 Å². The molecule has 2 N–H and O–H groups in total. The van der Waals surface area contributed by atoms with Crippen molar-refractivity contribution in [3.8, 4) is 0 Å². The number of nitrogens with two attached hydrogens (primary N) is 1. The second-order valence-corrected chi connectivity index (χ2v) is 6.32. The molecule has 0 aliphatic carbocycles. The molecule has 0 bridgehead atoms. The van der Waals surface area contributed by atoms with Crippen LogP contribution in [0.3, 0.4) is 0 Å². The molecule has 0 radical (unpaired) electrons. The van der Waals surface area contributed by atoms with Crippen molar-refractivity contribution in [2.45, 2.75) is 32.6 Å². The molecule has 90 valence electrons. The SMILES string of the molecule is CCCS(=O)(=O)N1CCC(CCN)CC1. The van der Waals surface area contributed by atoms with E-state index in [-0.39, 0.29) is 5.75 Å². The molecule has 0 amide bonds. The highest BCUT2D eigenvalue weighted by Crippen LogP contribution is 2.22. The highest BCUT2D eigenvalue weighted by atomic mass is 32.2. The summed E-state index contributed by atoms with van der Waals surface area (Å²) < 4.78 is 25.1. The number of hydrogen-bond acceptors (Lipinski definition) is 3. The predicted octanol–water partition coefficient (Wildman–Crippen LogP) is 0.787. The van der Waals surface area contributed by atoms with Crippen LogP contribution in [0.4, 0.5) is 0 Å². The fraction of sp³-hybridized carbons (Fsp3) is 1.00. The van der Waals surface area contributed by atoms with Gasteiger partial charge in [-0.25, -0.2) is 12.7 Å². The molecule has 4 nitrogen and oxygen atoms in total. The molecule has 1 saturated heterocycles. The zero-order valence-corrected chi connectivity index (χ0v) is 10.3.